The van der Waals surface area contributed by atoms with Crippen LogP contribution < -0.4 is 10.1 Å². The first-order valence-corrected chi connectivity index (χ1v) is 8.56. The minimum Gasteiger partial charge on any atom is -0.492 e. The van der Waals surface area contributed by atoms with Gasteiger partial charge in [0.25, 0.3) is 0 Å². The van der Waals surface area contributed by atoms with E-state index in [1.165, 1.54) is 44.3 Å². The molecule has 116 valence electrons. The Morgan fingerprint density at radius 3 is 2.71 bits per heavy atom. The number of benzene rings is 1. The third-order valence-corrected chi connectivity index (χ3v) is 4.85. The molecule has 0 aromatic heterocycles. The fraction of sp³-hybridized carbons (Fsp3) is 0.647. The van der Waals surface area contributed by atoms with Crippen LogP contribution >= 0.6 is 11.6 Å². The molecular weight excluding hydrogens is 284 g/mol. The van der Waals surface area contributed by atoms with E-state index in [4.69, 9.17) is 16.3 Å². The van der Waals surface area contributed by atoms with Crippen molar-refractivity contribution in [3.63, 3.8) is 0 Å². The molecule has 3 nitrogen and oxygen atoms in total. The molecule has 2 aliphatic heterocycles. The van der Waals surface area contributed by atoms with E-state index in [1.807, 2.05) is 12.1 Å². The van der Waals surface area contributed by atoms with Crippen LogP contribution in [0.3, 0.4) is 0 Å². The molecule has 2 saturated heterocycles. The summed E-state index contributed by atoms with van der Waals surface area (Å²) < 4.78 is 6.09. The van der Waals surface area contributed by atoms with Crippen molar-refractivity contribution >= 4 is 11.6 Å². The zero-order valence-electron chi connectivity index (χ0n) is 12.6. The van der Waals surface area contributed by atoms with Crippen LogP contribution in [0.2, 0.25) is 5.02 Å². The second kappa shape index (κ2) is 7.48. The molecular formula is C17H25ClN2O. The first-order valence-electron chi connectivity index (χ1n) is 8.18. The summed E-state index contributed by atoms with van der Waals surface area (Å²) in [5, 5.41) is 4.19. The zero-order chi connectivity index (χ0) is 14.5. The lowest BCUT2D eigenvalue weighted by molar-refractivity contribution is 0.235. The number of nitrogens with one attached hydrogen (secondary N) is 1. The van der Waals surface area contributed by atoms with Gasteiger partial charge in [-0.25, -0.2) is 0 Å². The number of ether oxygens (including phenoxy) is 1. The molecule has 2 fully saturated rings. The third-order valence-electron chi connectivity index (χ3n) is 4.62. The smallest absolute Gasteiger partial charge is 0.124 e. The Morgan fingerprint density at radius 2 is 1.95 bits per heavy atom. The molecule has 0 unspecified atom stereocenters. The molecule has 2 heterocycles. The lowest BCUT2D eigenvalue weighted by Gasteiger charge is -2.25. The predicted molar refractivity (Wildman–Crippen MR) is 87.5 cm³/mol. The summed E-state index contributed by atoms with van der Waals surface area (Å²) in [7, 11) is 0. The molecule has 2 aliphatic rings. The van der Waals surface area contributed by atoms with Crippen molar-refractivity contribution in [2.24, 2.45) is 0 Å². The molecule has 0 amide bonds. The second-order valence-corrected chi connectivity index (χ2v) is 6.54. The molecule has 0 saturated carbocycles. The second-order valence-electron chi connectivity index (χ2n) is 6.10. The predicted octanol–water partition coefficient (Wildman–Crippen LogP) is 3.28. The molecule has 0 aliphatic carbocycles. The van der Waals surface area contributed by atoms with Crippen molar-refractivity contribution in [1.29, 1.82) is 0 Å². The van der Waals surface area contributed by atoms with Gasteiger partial charge in [-0.2, -0.15) is 0 Å². The van der Waals surface area contributed by atoms with Gasteiger partial charge in [0.1, 0.15) is 12.4 Å². The van der Waals surface area contributed by atoms with Crippen molar-refractivity contribution in [3.05, 3.63) is 28.8 Å². The minimum atomic E-state index is 0.602. The summed E-state index contributed by atoms with van der Waals surface area (Å²) in [5.74, 6) is 1.60. The van der Waals surface area contributed by atoms with Gasteiger partial charge in [0, 0.05) is 11.6 Å². The van der Waals surface area contributed by atoms with Crippen LogP contribution in [-0.4, -0.2) is 44.2 Å². The average molecular weight is 309 g/mol. The van der Waals surface area contributed by atoms with Crippen LogP contribution in [0, 0.1) is 0 Å². The average Bonchev–Trinajstić information content (AvgIpc) is 3.02. The molecule has 3 rings (SSSR count). The van der Waals surface area contributed by atoms with E-state index in [9.17, 15) is 0 Å². The molecule has 1 aromatic carbocycles. The highest BCUT2D eigenvalue weighted by atomic mass is 35.5. The third kappa shape index (κ3) is 4.12. The lowest BCUT2D eigenvalue weighted by Crippen LogP contribution is -2.27. The van der Waals surface area contributed by atoms with Gasteiger partial charge in [0.15, 0.2) is 0 Å². The molecule has 0 spiro atoms. The van der Waals surface area contributed by atoms with Gasteiger partial charge in [-0.3, -0.25) is 4.90 Å². The highest BCUT2D eigenvalue weighted by molar-refractivity contribution is 6.30. The largest absolute Gasteiger partial charge is 0.492 e. The summed E-state index contributed by atoms with van der Waals surface area (Å²) in [6.07, 6.45) is 5.03. The highest BCUT2D eigenvalue weighted by Crippen LogP contribution is 2.34. The van der Waals surface area contributed by atoms with Crippen LogP contribution in [0.1, 0.15) is 37.2 Å². The Kier molecular flexibility index (Phi) is 5.39. The molecule has 21 heavy (non-hydrogen) atoms. The van der Waals surface area contributed by atoms with Gasteiger partial charge >= 0.3 is 0 Å². The van der Waals surface area contributed by atoms with Gasteiger partial charge in [-0.05, 0) is 75.5 Å². The topological polar surface area (TPSA) is 24.5 Å². The summed E-state index contributed by atoms with van der Waals surface area (Å²) in [5.41, 5.74) is 1.34. The van der Waals surface area contributed by atoms with E-state index < -0.39 is 0 Å². The number of piperidine rings is 1. The summed E-state index contributed by atoms with van der Waals surface area (Å²) in [6, 6.07) is 6.14. The summed E-state index contributed by atoms with van der Waals surface area (Å²) >= 11 is 6.16. The monoisotopic (exact) mass is 308 g/mol. The number of likely N-dealkylation sites (tertiary alicyclic amines) is 1. The van der Waals surface area contributed by atoms with E-state index in [0.29, 0.717) is 5.92 Å². The van der Waals surface area contributed by atoms with Gasteiger partial charge in [-0.15, -0.1) is 0 Å². The molecule has 1 aromatic rings. The number of hydrogen-bond donors (Lipinski definition) is 1. The highest BCUT2D eigenvalue weighted by Gasteiger charge is 2.19. The standard InChI is InChI=1S/C17H25ClN2O/c18-15-3-4-16(14-5-7-19-8-6-14)17(13-15)21-12-11-20-9-1-2-10-20/h3-4,13-14,19H,1-2,5-12H2. The molecule has 1 N–H and O–H groups in total. The molecule has 4 heteroatoms. The molecule has 0 atom stereocenters. The van der Waals surface area contributed by atoms with Crippen molar-refractivity contribution in [3.8, 4) is 5.75 Å². The fourth-order valence-electron chi connectivity index (χ4n) is 3.39. The minimum absolute atomic E-state index is 0.602. The number of hydrogen-bond acceptors (Lipinski definition) is 3. The Bertz CT molecular complexity index is 454. The van der Waals surface area contributed by atoms with E-state index >= 15 is 0 Å². The SMILES string of the molecule is Clc1ccc(C2CCNCC2)c(OCCN2CCCC2)c1. The van der Waals surface area contributed by atoms with Crippen molar-refractivity contribution in [2.75, 3.05) is 39.3 Å². The van der Waals surface area contributed by atoms with E-state index in [-0.39, 0.29) is 0 Å². The summed E-state index contributed by atoms with van der Waals surface area (Å²) in [6.45, 7) is 6.43. The Labute approximate surface area is 132 Å². The van der Waals surface area contributed by atoms with Crippen LogP contribution in [0.25, 0.3) is 0 Å². The zero-order valence-corrected chi connectivity index (χ0v) is 13.4. The Hall–Kier alpha value is -0.770. The van der Waals surface area contributed by atoms with E-state index in [0.717, 1.165) is 37.0 Å². The first-order chi connectivity index (χ1) is 10.3. The van der Waals surface area contributed by atoms with Gasteiger partial charge < -0.3 is 10.1 Å². The van der Waals surface area contributed by atoms with Crippen LogP contribution in [-0.2, 0) is 0 Å². The van der Waals surface area contributed by atoms with Crippen molar-refractivity contribution < 1.29 is 4.74 Å². The number of nitrogens with zero attached hydrogens (tertiary/aromatic N) is 1. The normalized spacial score (nSPS) is 20.8. The van der Waals surface area contributed by atoms with Crippen molar-refractivity contribution in [2.45, 2.75) is 31.6 Å². The first kappa shape index (κ1) is 15.1. The van der Waals surface area contributed by atoms with Crippen LogP contribution in [0.15, 0.2) is 18.2 Å². The number of halogens is 1. The Morgan fingerprint density at radius 1 is 1.19 bits per heavy atom. The number of rotatable bonds is 5. The van der Waals surface area contributed by atoms with Gasteiger partial charge in [0.2, 0.25) is 0 Å². The molecule has 0 radical (unpaired) electrons. The quantitative estimate of drug-likeness (QED) is 0.903. The van der Waals surface area contributed by atoms with E-state index in [1.54, 1.807) is 0 Å². The van der Waals surface area contributed by atoms with Gasteiger partial charge in [0.05, 0.1) is 0 Å². The molecule has 0 bridgehead atoms. The maximum Gasteiger partial charge on any atom is 0.124 e. The van der Waals surface area contributed by atoms with Gasteiger partial charge in [-0.1, -0.05) is 17.7 Å². The van der Waals surface area contributed by atoms with Crippen LogP contribution in [0.4, 0.5) is 0 Å². The lowest BCUT2D eigenvalue weighted by atomic mass is 9.89. The van der Waals surface area contributed by atoms with E-state index in [2.05, 4.69) is 16.3 Å². The fourth-order valence-corrected chi connectivity index (χ4v) is 3.56. The van der Waals surface area contributed by atoms with Crippen molar-refractivity contribution in [1.82, 2.24) is 10.2 Å². The van der Waals surface area contributed by atoms with Crippen LogP contribution in [0.5, 0.6) is 5.75 Å². The maximum absolute atomic E-state index is 6.16. The summed E-state index contributed by atoms with van der Waals surface area (Å²) in [4.78, 5) is 2.48. The maximum atomic E-state index is 6.16. The Balaban J connectivity index is 1.62.